The fraction of sp³-hybridized carbons (Fsp3) is 0.345. The van der Waals surface area contributed by atoms with Gasteiger partial charge in [0, 0.05) is 17.7 Å². The predicted molar refractivity (Wildman–Crippen MR) is 146 cm³/mol. The molecule has 0 aliphatic carbocycles. The number of hydrogen-bond donors (Lipinski definition) is 2. The van der Waals surface area contributed by atoms with Crippen molar-refractivity contribution < 1.29 is 41.0 Å². The maximum Gasteiger partial charge on any atom is 0.345 e. The zero-order valence-electron chi connectivity index (χ0n) is 22.3. The van der Waals surface area contributed by atoms with Gasteiger partial charge in [0.05, 0.1) is 42.5 Å². The van der Waals surface area contributed by atoms with Crippen molar-refractivity contribution >= 4 is 21.4 Å². The first kappa shape index (κ1) is 30.4. The zero-order valence-corrected chi connectivity index (χ0v) is 23.1. The zero-order chi connectivity index (χ0) is 29.6. The molecule has 0 saturated carbocycles. The maximum atomic E-state index is 13.2. The molecule has 2 N–H and O–H groups in total. The van der Waals surface area contributed by atoms with Gasteiger partial charge < -0.3 is 24.8 Å². The predicted octanol–water partition coefficient (Wildman–Crippen LogP) is 4.35. The maximum absolute atomic E-state index is 13.2. The van der Waals surface area contributed by atoms with Crippen LogP contribution in [-0.2, 0) is 14.6 Å². The summed E-state index contributed by atoms with van der Waals surface area (Å²) in [6.07, 6.45) is 0.0294. The van der Waals surface area contributed by atoms with Crippen LogP contribution in [0.5, 0.6) is 5.75 Å². The Kier molecular flexibility index (Phi) is 9.90. The lowest BCUT2D eigenvalue weighted by Crippen LogP contribution is -2.34. The van der Waals surface area contributed by atoms with Gasteiger partial charge in [-0.15, -0.1) is 0 Å². The van der Waals surface area contributed by atoms with Crippen molar-refractivity contribution in [1.82, 2.24) is 5.32 Å². The lowest BCUT2D eigenvalue weighted by molar-refractivity contribution is -0.131. The summed E-state index contributed by atoms with van der Waals surface area (Å²) in [5.74, 6) is -0.443. The van der Waals surface area contributed by atoms with Gasteiger partial charge in [0.2, 0.25) is 0 Å². The van der Waals surface area contributed by atoms with Crippen molar-refractivity contribution in [3.8, 4) is 5.75 Å². The number of amides is 1. The van der Waals surface area contributed by atoms with Crippen molar-refractivity contribution in [2.24, 2.45) is 0 Å². The smallest absolute Gasteiger partial charge is 0.345 e. The highest BCUT2D eigenvalue weighted by Gasteiger charge is 2.34. The molecular formula is C29H31F3N2O6S. The second-order valence-corrected chi connectivity index (χ2v) is 11.8. The van der Waals surface area contributed by atoms with Crippen LogP contribution in [0, 0.1) is 5.82 Å². The van der Waals surface area contributed by atoms with E-state index in [1.54, 1.807) is 43.3 Å². The quantitative estimate of drug-likeness (QED) is 0.322. The number of nitrogens with zero attached hydrogens (tertiary/aromatic N) is 1. The minimum absolute atomic E-state index is 0.0398. The summed E-state index contributed by atoms with van der Waals surface area (Å²) in [4.78, 5) is 15.0. The Morgan fingerprint density at radius 2 is 1.71 bits per heavy atom. The molecule has 0 bridgehead atoms. The molecule has 220 valence electrons. The van der Waals surface area contributed by atoms with Gasteiger partial charge in [-0.25, -0.2) is 12.8 Å². The van der Waals surface area contributed by atoms with Gasteiger partial charge in [-0.2, -0.15) is 8.78 Å². The van der Waals surface area contributed by atoms with Crippen LogP contribution in [0.25, 0.3) is 0 Å². The second kappa shape index (κ2) is 13.4. The number of ether oxygens (including phenoxy) is 2. The molecular weight excluding hydrogens is 561 g/mol. The summed E-state index contributed by atoms with van der Waals surface area (Å²) in [7, 11) is -3.38. The summed E-state index contributed by atoms with van der Waals surface area (Å²) in [6.45, 7) is -1.66. The first-order chi connectivity index (χ1) is 19.6. The Morgan fingerprint density at radius 3 is 2.29 bits per heavy atom. The number of sulfone groups is 1. The van der Waals surface area contributed by atoms with Crippen LogP contribution in [0.1, 0.15) is 35.3 Å². The van der Waals surface area contributed by atoms with Crippen LogP contribution in [0.2, 0.25) is 0 Å². The third-order valence-electron chi connectivity index (χ3n) is 6.88. The first-order valence-corrected chi connectivity index (χ1v) is 14.7. The lowest BCUT2D eigenvalue weighted by Gasteiger charge is -2.26. The van der Waals surface area contributed by atoms with Gasteiger partial charge in [-0.3, -0.25) is 4.79 Å². The van der Waals surface area contributed by atoms with E-state index in [1.807, 2.05) is 4.90 Å². The summed E-state index contributed by atoms with van der Waals surface area (Å²) >= 11 is 0. The Hall–Kier alpha value is -3.61. The number of carbonyl (C=O) groups excluding carboxylic acids is 1. The van der Waals surface area contributed by atoms with E-state index in [4.69, 9.17) is 4.74 Å². The number of rotatable bonds is 12. The summed E-state index contributed by atoms with van der Waals surface area (Å²) in [5.41, 5.74) is 1.51. The first-order valence-electron chi connectivity index (χ1n) is 13.0. The van der Waals surface area contributed by atoms with Crippen molar-refractivity contribution in [2.45, 2.75) is 43.0 Å². The third kappa shape index (κ3) is 7.78. The molecule has 1 aliphatic heterocycles. The molecule has 0 radical (unpaired) electrons. The average molecular weight is 593 g/mol. The molecule has 3 atom stereocenters. The van der Waals surface area contributed by atoms with Gasteiger partial charge in [-0.1, -0.05) is 19.1 Å². The molecule has 8 nitrogen and oxygen atoms in total. The Labute approximate surface area is 236 Å². The van der Waals surface area contributed by atoms with Crippen molar-refractivity contribution in [3.05, 3.63) is 89.7 Å². The number of hydrogen-bond acceptors (Lipinski definition) is 7. The molecule has 12 heteroatoms. The van der Waals surface area contributed by atoms with E-state index in [2.05, 4.69) is 10.1 Å². The molecule has 3 aromatic rings. The molecule has 1 heterocycles. The van der Waals surface area contributed by atoms with Crippen molar-refractivity contribution in [3.63, 3.8) is 0 Å². The number of benzene rings is 3. The highest BCUT2D eigenvalue weighted by atomic mass is 32.2. The van der Waals surface area contributed by atoms with Crippen molar-refractivity contribution in [1.29, 1.82) is 0 Å². The molecule has 1 amide bonds. The van der Waals surface area contributed by atoms with Crippen LogP contribution < -0.4 is 15.0 Å². The molecule has 3 aromatic carbocycles. The molecule has 1 aliphatic rings. The van der Waals surface area contributed by atoms with Crippen molar-refractivity contribution in [2.75, 3.05) is 30.4 Å². The van der Waals surface area contributed by atoms with Crippen LogP contribution in [0.15, 0.2) is 77.7 Å². The van der Waals surface area contributed by atoms with Crippen LogP contribution in [0.4, 0.5) is 18.9 Å². The third-order valence-corrected chi connectivity index (χ3v) is 8.63. The largest absolute Gasteiger partial charge is 0.489 e. The van der Waals surface area contributed by atoms with Gasteiger partial charge in [-0.05, 0) is 66.2 Å². The van der Waals surface area contributed by atoms with E-state index in [0.29, 0.717) is 35.5 Å². The monoisotopic (exact) mass is 592 g/mol. The number of aliphatic hydroxyl groups excluding tert-OH is 1. The number of alkyl halides is 2. The minimum atomic E-state index is -3.38. The van der Waals surface area contributed by atoms with E-state index >= 15 is 0 Å². The highest BCUT2D eigenvalue weighted by Crippen LogP contribution is 2.30. The van der Waals surface area contributed by atoms with E-state index in [0.717, 1.165) is 0 Å². The van der Waals surface area contributed by atoms with Crippen LogP contribution >= 0.6 is 0 Å². The molecule has 0 spiro atoms. The SMILES string of the molecule is CCS(=O)(=O)c1ccc([C@H](CO)NC(=O)c2ccc(N3CC(Oc4ccc(F)cc4)C[C@H]3COC(F)F)cc2)cc1. The fourth-order valence-corrected chi connectivity index (χ4v) is 5.56. The van der Waals surface area contributed by atoms with Gasteiger partial charge in [0.15, 0.2) is 9.84 Å². The average Bonchev–Trinajstić information content (AvgIpc) is 3.38. The molecule has 1 fully saturated rings. The summed E-state index contributed by atoms with van der Waals surface area (Å²) < 4.78 is 73.4. The summed E-state index contributed by atoms with van der Waals surface area (Å²) in [5, 5.41) is 12.6. The van der Waals surface area contributed by atoms with E-state index in [-0.39, 0.29) is 23.4 Å². The topological polar surface area (TPSA) is 105 Å². The molecule has 0 aromatic heterocycles. The van der Waals surface area contributed by atoms with E-state index in [9.17, 15) is 31.5 Å². The number of aliphatic hydroxyl groups is 1. The van der Waals surface area contributed by atoms with Gasteiger partial charge >= 0.3 is 6.61 Å². The number of halogens is 3. The Balaban J connectivity index is 1.44. The molecule has 41 heavy (non-hydrogen) atoms. The number of anilines is 1. The Morgan fingerprint density at radius 1 is 1.05 bits per heavy atom. The molecule has 1 saturated heterocycles. The number of nitrogens with one attached hydrogen (secondary N) is 1. The summed E-state index contributed by atoms with van der Waals surface area (Å²) in [6, 6.07) is 16.9. The van der Waals surface area contributed by atoms with Gasteiger partial charge in [0.25, 0.3) is 5.91 Å². The van der Waals surface area contributed by atoms with Crippen LogP contribution in [-0.4, -0.2) is 63.7 Å². The fourth-order valence-electron chi connectivity index (χ4n) is 4.68. The van der Waals surface area contributed by atoms with E-state index < -0.39 is 46.9 Å². The molecule has 4 rings (SSSR count). The standard InChI is InChI=1S/C29H31F3N2O6S/c1-2-41(37,38)26-13-5-19(6-14-26)27(17-35)33-28(36)20-3-9-22(10-4-20)34-16-25(15-23(34)18-39-29(31)32)40-24-11-7-21(30)8-12-24/h3-14,23,25,27,29,35H,2,15-18H2,1H3,(H,33,36)/t23-,25?,27-/m0/s1. The van der Waals surface area contributed by atoms with Crippen LogP contribution in [0.3, 0.4) is 0 Å². The minimum Gasteiger partial charge on any atom is -0.489 e. The number of carbonyl (C=O) groups is 1. The lowest BCUT2D eigenvalue weighted by atomic mass is 10.1. The normalized spacial score (nSPS) is 18.0. The highest BCUT2D eigenvalue weighted by molar-refractivity contribution is 7.91. The van der Waals surface area contributed by atoms with E-state index in [1.165, 1.54) is 36.4 Å². The Bertz CT molecular complexity index is 1400. The molecule has 1 unspecified atom stereocenters. The second-order valence-electron chi connectivity index (χ2n) is 9.56. The van der Waals surface area contributed by atoms with Gasteiger partial charge in [0.1, 0.15) is 17.7 Å².